The van der Waals surface area contributed by atoms with E-state index in [-0.39, 0.29) is 5.75 Å². The second-order valence-electron chi connectivity index (χ2n) is 3.90. The molecule has 17 heavy (non-hydrogen) atoms. The Morgan fingerprint density at radius 1 is 1.12 bits per heavy atom. The third-order valence-corrected chi connectivity index (χ3v) is 2.84. The highest BCUT2D eigenvalue weighted by atomic mass is 16.5. The monoisotopic (exact) mass is 228 g/mol. The van der Waals surface area contributed by atoms with Crippen molar-refractivity contribution >= 4 is 0 Å². The van der Waals surface area contributed by atoms with Crippen molar-refractivity contribution in [2.45, 2.75) is 13.3 Å². The van der Waals surface area contributed by atoms with E-state index in [1.807, 2.05) is 24.3 Å². The molecule has 0 atom stereocenters. The second kappa shape index (κ2) is 4.91. The molecule has 0 heterocycles. The molecule has 0 aliphatic carbocycles. The number of aromatic hydroxyl groups is 1. The van der Waals surface area contributed by atoms with Crippen LogP contribution in [0.1, 0.15) is 12.5 Å². The number of methoxy groups -OCH3 is 1. The molecule has 0 saturated carbocycles. The van der Waals surface area contributed by atoms with E-state index in [4.69, 9.17) is 4.74 Å². The van der Waals surface area contributed by atoms with Crippen LogP contribution in [0.3, 0.4) is 0 Å². The summed E-state index contributed by atoms with van der Waals surface area (Å²) < 4.78 is 5.48. The molecule has 2 aromatic carbocycles. The first-order valence-corrected chi connectivity index (χ1v) is 5.71. The standard InChI is InChI=1S/C15H16O2/c1-3-11-6-5-9-14(15(11)17-2)12-7-4-8-13(16)10-12/h4-10,16H,3H2,1-2H3. The summed E-state index contributed by atoms with van der Waals surface area (Å²) in [4.78, 5) is 0. The summed E-state index contributed by atoms with van der Waals surface area (Å²) in [6.07, 6.45) is 0.926. The van der Waals surface area contributed by atoms with Gasteiger partial charge in [-0.1, -0.05) is 37.3 Å². The van der Waals surface area contributed by atoms with E-state index < -0.39 is 0 Å². The van der Waals surface area contributed by atoms with E-state index >= 15 is 0 Å². The smallest absolute Gasteiger partial charge is 0.129 e. The summed E-state index contributed by atoms with van der Waals surface area (Å²) in [5, 5.41) is 9.52. The minimum absolute atomic E-state index is 0.270. The molecule has 88 valence electrons. The number of para-hydroxylation sites is 1. The minimum atomic E-state index is 0.270. The lowest BCUT2D eigenvalue weighted by Gasteiger charge is -2.12. The highest BCUT2D eigenvalue weighted by Crippen LogP contribution is 2.34. The van der Waals surface area contributed by atoms with Crippen LogP contribution in [-0.2, 0) is 6.42 Å². The van der Waals surface area contributed by atoms with E-state index in [0.717, 1.165) is 23.3 Å². The summed E-state index contributed by atoms with van der Waals surface area (Å²) in [5.41, 5.74) is 3.16. The molecule has 0 amide bonds. The average Bonchev–Trinajstić information content (AvgIpc) is 2.37. The fraction of sp³-hybridized carbons (Fsp3) is 0.200. The second-order valence-corrected chi connectivity index (χ2v) is 3.90. The van der Waals surface area contributed by atoms with Crippen LogP contribution in [0.5, 0.6) is 11.5 Å². The Kier molecular flexibility index (Phi) is 3.33. The van der Waals surface area contributed by atoms with Gasteiger partial charge in [0.1, 0.15) is 11.5 Å². The quantitative estimate of drug-likeness (QED) is 0.869. The molecule has 0 aliphatic rings. The van der Waals surface area contributed by atoms with Gasteiger partial charge in [0, 0.05) is 5.56 Å². The topological polar surface area (TPSA) is 29.5 Å². The van der Waals surface area contributed by atoms with Crippen LogP contribution in [0.4, 0.5) is 0 Å². The lowest BCUT2D eigenvalue weighted by molar-refractivity contribution is 0.412. The maximum atomic E-state index is 9.52. The van der Waals surface area contributed by atoms with Gasteiger partial charge in [-0.2, -0.15) is 0 Å². The van der Waals surface area contributed by atoms with Gasteiger partial charge in [0.15, 0.2) is 0 Å². The fourth-order valence-electron chi connectivity index (χ4n) is 2.01. The van der Waals surface area contributed by atoms with Crippen molar-refractivity contribution in [3.63, 3.8) is 0 Å². The predicted octanol–water partition coefficient (Wildman–Crippen LogP) is 3.63. The minimum Gasteiger partial charge on any atom is -0.508 e. The zero-order valence-electron chi connectivity index (χ0n) is 10.1. The number of rotatable bonds is 3. The van der Waals surface area contributed by atoms with E-state index in [2.05, 4.69) is 13.0 Å². The summed E-state index contributed by atoms with van der Waals surface area (Å²) in [6.45, 7) is 2.10. The number of hydrogen-bond acceptors (Lipinski definition) is 2. The molecule has 2 rings (SSSR count). The number of benzene rings is 2. The summed E-state index contributed by atoms with van der Waals surface area (Å²) in [7, 11) is 1.68. The van der Waals surface area contributed by atoms with Crippen LogP contribution >= 0.6 is 0 Å². The zero-order chi connectivity index (χ0) is 12.3. The lowest BCUT2D eigenvalue weighted by Crippen LogP contribution is -1.93. The number of aryl methyl sites for hydroxylation is 1. The Bertz CT molecular complexity index is 518. The van der Waals surface area contributed by atoms with Gasteiger partial charge in [-0.05, 0) is 29.7 Å². The van der Waals surface area contributed by atoms with Gasteiger partial charge in [0.2, 0.25) is 0 Å². The molecule has 2 aromatic rings. The van der Waals surface area contributed by atoms with Crippen LogP contribution in [0.15, 0.2) is 42.5 Å². The maximum absolute atomic E-state index is 9.52. The van der Waals surface area contributed by atoms with E-state index in [0.29, 0.717) is 0 Å². The molecule has 2 nitrogen and oxygen atoms in total. The molecule has 0 bridgehead atoms. The van der Waals surface area contributed by atoms with Crippen LogP contribution in [0, 0.1) is 0 Å². The molecule has 0 saturated heterocycles. The predicted molar refractivity (Wildman–Crippen MR) is 69.5 cm³/mol. The zero-order valence-corrected chi connectivity index (χ0v) is 10.1. The molecule has 0 aliphatic heterocycles. The van der Waals surface area contributed by atoms with Crippen molar-refractivity contribution in [2.75, 3.05) is 7.11 Å². The van der Waals surface area contributed by atoms with Crippen LogP contribution in [0.25, 0.3) is 11.1 Å². The Hall–Kier alpha value is -1.96. The van der Waals surface area contributed by atoms with Crippen LogP contribution in [0.2, 0.25) is 0 Å². The number of phenols is 1. The first kappa shape index (κ1) is 11.5. The van der Waals surface area contributed by atoms with Gasteiger partial charge in [0.05, 0.1) is 7.11 Å². The molecule has 0 spiro atoms. The number of phenolic OH excluding ortho intramolecular Hbond substituents is 1. The lowest BCUT2D eigenvalue weighted by atomic mass is 10.00. The Labute approximate surface area is 101 Å². The van der Waals surface area contributed by atoms with Gasteiger partial charge in [0.25, 0.3) is 0 Å². The van der Waals surface area contributed by atoms with Gasteiger partial charge in [-0.3, -0.25) is 0 Å². The van der Waals surface area contributed by atoms with Crippen LogP contribution < -0.4 is 4.74 Å². The average molecular weight is 228 g/mol. The first-order valence-electron chi connectivity index (χ1n) is 5.71. The summed E-state index contributed by atoms with van der Waals surface area (Å²) >= 11 is 0. The summed E-state index contributed by atoms with van der Waals surface area (Å²) in [6, 6.07) is 13.3. The largest absolute Gasteiger partial charge is 0.508 e. The molecular weight excluding hydrogens is 212 g/mol. The van der Waals surface area contributed by atoms with E-state index in [1.54, 1.807) is 19.2 Å². The molecule has 2 heteroatoms. The van der Waals surface area contributed by atoms with Crippen molar-refractivity contribution in [3.8, 4) is 22.6 Å². The molecule has 0 fully saturated rings. The van der Waals surface area contributed by atoms with Gasteiger partial charge in [-0.15, -0.1) is 0 Å². The maximum Gasteiger partial charge on any atom is 0.129 e. The van der Waals surface area contributed by atoms with E-state index in [9.17, 15) is 5.11 Å². The fourth-order valence-corrected chi connectivity index (χ4v) is 2.01. The third-order valence-electron chi connectivity index (χ3n) is 2.84. The Balaban J connectivity index is 2.59. The molecule has 1 N–H and O–H groups in total. The van der Waals surface area contributed by atoms with Crippen LogP contribution in [-0.4, -0.2) is 12.2 Å². The van der Waals surface area contributed by atoms with Crippen molar-refractivity contribution in [2.24, 2.45) is 0 Å². The van der Waals surface area contributed by atoms with Crippen molar-refractivity contribution in [1.82, 2.24) is 0 Å². The molecule has 0 radical (unpaired) electrons. The molecular formula is C15H16O2. The molecule has 0 unspecified atom stereocenters. The Morgan fingerprint density at radius 2 is 1.88 bits per heavy atom. The number of hydrogen-bond donors (Lipinski definition) is 1. The molecule has 0 aromatic heterocycles. The Morgan fingerprint density at radius 3 is 2.53 bits per heavy atom. The van der Waals surface area contributed by atoms with Gasteiger partial charge >= 0.3 is 0 Å². The van der Waals surface area contributed by atoms with Crippen molar-refractivity contribution in [1.29, 1.82) is 0 Å². The van der Waals surface area contributed by atoms with Crippen molar-refractivity contribution < 1.29 is 9.84 Å². The summed E-state index contributed by atoms with van der Waals surface area (Å²) in [5.74, 6) is 1.16. The van der Waals surface area contributed by atoms with Gasteiger partial charge in [-0.25, -0.2) is 0 Å². The highest BCUT2D eigenvalue weighted by molar-refractivity contribution is 5.73. The third kappa shape index (κ3) is 2.26. The van der Waals surface area contributed by atoms with Crippen molar-refractivity contribution in [3.05, 3.63) is 48.0 Å². The normalized spacial score (nSPS) is 10.2. The van der Waals surface area contributed by atoms with Gasteiger partial charge < -0.3 is 9.84 Å². The van der Waals surface area contributed by atoms with E-state index in [1.165, 1.54) is 5.56 Å². The SMILES string of the molecule is CCc1cccc(-c2cccc(O)c2)c1OC. The highest BCUT2D eigenvalue weighted by Gasteiger charge is 2.09. The number of ether oxygens (including phenoxy) is 1. The first-order chi connectivity index (χ1) is 8.26.